The highest BCUT2D eigenvalue weighted by atomic mass is 16.4. The van der Waals surface area contributed by atoms with Gasteiger partial charge in [0.05, 0.1) is 11.4 Å². The van der Waals surface area contributed by atoms with Crippen molar-refractivity contribution in [1.82, 2.24) is 14.8 Å². The van der Waals surface area contributed by atoms with Crippen LogP contribution in [0.4, 0.5) is 0 Å². The normalized spacial score (nSPS) is 10.9. The molecule has 0 fully saturated rings. The predicted molar refractivity (Wildman–Crippen MR) is 69.1 cm³/mol. The van der Waals surface area contributed by atoms with E-state index in [0.29, 0.717) is 30.2 Å². The molecule has 2 aromatic heterocycles. The summed E-state index contributed by atoms with van der Waals surface area (Å²) in [5, 5.41) is 13.4. The summed E-state index contributed by atoms with van der Waals surface area (Å²) in [4.78, 5) is 15.4. The number of rotatable bonds is 5. The topological polar surface area (TPSA) is 81.2 Å². The number of carboxylic acids is 1. The fraction of sp³-hybridized carbons (Fsp3) is 0.462. The molecule has 1 N–H and O–H groups in total. The Labute approximate surface area is 111 Å². The third-order valence-electron chi connectivity index (χ3n) is 2.80. The van der Waals surface area contributed by atoms with Crippen molar-refractivity contribution < 1.29 is 14.3 Å². The van der Waals surface area contributed by atoms with Crippen LogP contribution in [0.2, 0.25) is 0 Å². The fourth-order valence-corrected chi connectivity index (χ4v) is 1.99. The Hall–Kier alpha value is -2.11. The number of hydrogen-bond acceptors (Lipinski definition) is 4. The van der Waals surface area contributed by atoms with Crippen molar-refractivity contribution in [2.24, 2.45) is 0 Å². The minimum absolute atomic E-state index is 0.0710. The summed E-state index contributed by atoms with van der Waals surface area (Å²) in [6.45, 7) is 6.49. The molecule has 0 amide bonds. The van der Waals surface area contributed by atoms with Crippen molar-refractivity contribution in [3.8, 4) is 11.6 Å². The van der Waals surface area contributed by atoms with Gasteiger partial charge >= 0.3 is 5.97 Å². The monoisotopic (exact) mass is 263 g/mol. The van der Waals surface area contributed by atoms with Gasteiger partial charge in [-0.3, -0.25) is 4.68 Å². The zero-order valence-corrected chi connectivity index (χ0v) is 11.3. The largest absolute Gasteiger partial charge is 0.475 e. The van der Waals surface area contributed by atoms with Crippen molar-refractivity contribution in [3.63, 3.8) is 0 Å². The van der Waals surface area contributed by atoms with Gasteiger partial charge in [0.25, 0.3) is 0 Å². The second-order valence-electron chi connectivity index (χ2n) is 4.34. The number of aryl methyl sites for hydroxylation is 3. The maximum atomic E-state index is 11.1. The van der Waals surface area contributed by atoms with Gasteiger partial charge in [-0.25, -0.2) is 9.78 Å². The molecule has 6 nitrogen and oxygen atoms in total. The fourth-order valence-electron chi connectivity index (χ4n) is 1.99. The molecule has 2 rings (SSSR count). The second-order valence-corrected chi connectivity index (χ2v) is 4.34. The Kier molecular flexibility index (Phi) is 3.69. The molecule has 0 aliphatic carbocycles. The van der Waals surface area contributed by atoms with Crippen LogP contribution in [0.1, 0.15) is 42.2 Å². The van der Waals surface area contributed by atoms with Gasteiger partial charge in [0.1, 0.15) is 5.69 Å². The molecule has 0 unspecified atom stereocenters. The van der Waals surface area contributed by atoms with Gasteiger partial charge < -0.3 is 9.52 Å². The van der Waals surface area contributed by atoms with Crippen LogP contribution in [0.5, 0.6) is 0 Å². The quantitative estimate of drug-likeness (QED) is 0.896. The molecule has 0 aliphatic heterocycles. The molecule has 19 heavy (non-hydrogen) atoms. The predicted octanol–water partition coefficient (Wildman–Crippen LogP) is 2.52. The van der Waals surface area contributed by atoms with Crippen molar-refractivity contribution in [3.05, 3.63) is 23.2 Å². The highest BCUT2D eigenvalue weighted by molar-refractivity contribution is 5.86. The number of carbonyl (C=O) groups is 1. The van der Waals surface area contributed by atoms with Gasteiger partial charge in [0.2, 0.25) is 11.7 Å². The van der Waals surface area contributed by atoms with Gasteiger partial charge in [-0.1, -0.05) is 13.3 Å². The summed E-state index contributed by atoms with van der Waals surface area (Å²) >= 11 is 0. The van der Waals surface area contributed by atoms with Crippen LogP contribution in [-0.4, -0.2) is 25.8 Å². The van der Waals surface area contributed by atoms with E-state index in [9.17, 15) is 4.79 Å². The van der Waals surface area contributed by atoms with Gasteiger partial charge in [-0.05, 0) is 26.3 Å². The van der Waals surface area contributed by atoms with E-state index in [1.54, 1.807) is 4.68 Å². The summed E-state index contributed by atoms with van der Waals surface area (Å²) in [5.41, 5.74) is 2.06. The zero-order valence-electron chi connectivity index (χ0n) is 11.3. The number of aromatic nitrogens is 3. The van der Waals surface area contributed by atoms with Crippen LogP contribution >= 0.6 is 0 Å². The molecule has 0 spiro atoms. The van der Waals surface area contributed by atoms with Crippen molar-refractivity contribution in [2.45, 2.75) is 40.2 Å². The lowest BCUT2D eigenvalue weighted by molar-refractivity contribution is 0.0661. The second kappa shape index (κ2) is 5.26. The van der Waals surface area contributed by atoms with Gasteiger partial charge in [0, 0.05) is 6.54 Å². The Bertz CT molecular complexity index is 598. The van der Waals surface area contributed by atoms with E-state index >= 15 is 0 Å². The van der Waals surface area contributed by atoms with Crippen LogP contribution in [0.3, 0.4) is 0 Å². The standard InChI is InChI=1S/C13H17N3O3/c1-4-6-9-11(13(17)18)19-12(14-9)10-7-8(3)15-16(10)5-2/h7H,4-6H2,1-3H3,(H,17,18). The molecule has 0 bridgehead atoms. The van der Waals surface area contributed by atoms with E-state index in [2.05, 4.69) is 10.1 Å². The molecule has 2 aromatic rings. The minimum atomic E-state index is -1.08. The number of oxazole rings is 1. The lowest BCUT2D eigenvalue weighted by atomic mass is 10.2. The minimum Gasteiger partial charge on any atom is -0.475 e. The zero-order chi connectivity index (χ0) is 14.0. The first-order chi connectivity index (χ1) is 9.06. The average molecular weight is 263 g/mol. The van der Waals surface area contributed by atoms with Crippen LogP contribution in [0.15, 0.2) is 10.5 Å². The maximum Gasteiger partial charge on any atom is 0.373 e. The van der Waals surface area contributed by atoms with E-state index in [4.69, 9.17) is 9.52 Å². The molecular formula is C13H17N3O3. The number of nitrogens with zero attached hydrogens (tertiary/aromatic N) is 3. The van der Waals surface area contributed by atoms with E-state index in [1.165, 1.54) is 0 Å². The SMILES string of the molecule is CCCc1nc(-c2cc(C)nn2CC)oc1C(=O)O. The smallest absolute Gasteiger partial charge is 0.373 e. The highest BCUT2D eigenvalue weighted by Crippen LogP contribution is 2.24. The maximum absolute atomic E-state index is 11.1. The van der Waals surface area contributed by atoms with E-state index < -0.39 is 5.97 Å². The third-order valence-corrected chi connectivity index (χ3v) is 2.80. The molecule has 0 atom stereocenters. The third kappa shape index (κ3) is 2.52. The summed E-state index contributed by atoms with van der Waals surface area (Å²) in [6, 6.07) is 1.84. The molecule has 0 radical (unpaired) electrons. The molecule has 0 saturated carbocycles. The lowest BCUT2D eigenvalue weighted by Gasteiger charge is -1.99. The Balaban J connectivity index is 2.50. The first-order valence-corrected chi connectivity index (χ1v) is 6.34. The molecule has 0 aliphatic rings. The Morgan fingerprint density at radius 1 is 1.47 bits per heavy atom. The molecule has 0 aromatic carbocycles. The number of hydrogen-bond donors (Lipinski definition) is 1. The van der Waals surface area contributed by atoms with Crippen molar-refractivity contribution in [2.75, 3.05) is 0 Å². The van der Waals surface area contributed by atoms with E-state index in [-0.39, 0.29) is 5.76 Å². The van der Waals surface area contributed by atoms with Crippen molar-refractivity contribution >= 4 is 5.97 Å². The number of aromatic carboxylic acids is 1. The first kappa shape index (κ1) is 13.3. The van der Waals surface area contributed by atoms with Crippen LogP contribution < -0.4 is 0 Å². The summed E-state index contributed by atoms with van der Waals surface area (Å²) in [7, 11) is 0. The number of carboxylic acid groups (broad SMARTS) is 1. The highest BCUT2D eigenvalue weighted by Gasteiger charge is 2.21. The lowest BCUT2D eigenvalue weighted by Crippen LogP contribution is -1.99. The Morgan fingerprint density at radius 2 is 2.21 bits per heavy atom. The summed E-state index contributed by atoms with van der Waals surface area (Å²) in [5.74, 6) is -0.830. The van der Waals surface area contributed by atoms with Gasteiger partial charge in [0.15, 0.2) is 0 Å². The van der Waals surface area contributed by atoms with Crippen LogP contribution in [-0.2, 0) is 13.0 Å². The van der Waals surface area contributed by atoms with E-state index in [1.807, 2.05) is 26.8 Å². The molecule has 2 heterocycles. The summed E-state index contributed by atoms with van der Waals surface area (Å²) < 4.78 is 7.15. The van der Waals surface area contributed by atoms with Gasteiger partial charge in [-0.15, -0.1) is 0 Å². The van der Waals surface area contributed by atoms with Crippen LogP contribution in [0, 0.1) is 6.92 Å². The molecular weight excluding hydrogens is 246 g/mol. The first-order valence-electron chi connectivity index (χ1n) is 6.34. The summed E-state index contributed by atoms with van der Waals surface area (Å²) in [6.07, 6.45) is 1.41. The van der Waals surface area contributed by atoms with Gasteiger partial charge in [-0.2, -0.15) is 5.10 Å². The average Bonchev–Trinajstić information content (AvgIpc) is 2.93. The van der Waals surface area contributed by atoms with Crippen molar-refractivity contribution in [1.29, 1.82) is 0 Å². The van der Waals surface area contributed by atoms with E-state index in [0.717, 1.165) is 12.1 Å². The molecule has 0 saturated heterocycles. The molecule has 6 heteroatoms. The Morgan fingerprint density at radius 3 is 2.79 bits per heavy atom. The molecule has 102 valence electrons. The van der Waals surface area contributed by atoms with Crippen LogP contribution in [0.25, 0.3) is 11.6 Å².